The summed E-state index contributed by atoms with van der Waals surface area (Å²) < 4.78 is 15.2. The Bertz CT molecular complexity index is 1380. The van der Waals surface area contributed by atoms with Crippen LogP contribution >= 0.6 is 0 Å². The molecule has 0 fully saturated rings. The van der Waals surface area contributed by atoms with Gasteiger partial charge in [-0.3, -0.25) is 9.20 Å². The van der Waals surface area contributed by atoms with E-state index in [0.717, 1.165) is 16.7 Å². The molecule has 0 radical (unpaired) electrons. The van der Waals surface area contributed by atoms with Gasteiger partial charge in [-0.25, -0.2) is 14.4 Å². The average Bonchev–Trinajstić information content (AvgIpc) is 2.78. The van der Waals surface area contributed by atoms with Crippen LogP contribution in [0.3, 0.4) is 0 Å². The van der Waals surface area contributed by atoms with Gasteiger partial charge in [0.1, 0.15) is 35.4 Å². The summed E-state index contributed by atoms with van der Waals surface area (Å²) in [5.41, 5.74) is 9.28. The Morgan fingerprint density at radius 3 is 2.71 bits per heavy atom. The Morgan fingerprint density at radius 2 is 1.97 bits per heavy atom. The van der Waals surface area contributed by atoms with Crippen molar-refractivity contribution in [3.05, 3.63) is 87.9 Å². The molecule has 31 heavy (non-hydrogen) atoms. The van der Waals surface area contributed by atoms with Gasteiger partial charge in [-0.15, -0.1) is 0 Å². The molecule has 0 aliphatic carbocycles. The van der Waals surface area contributed by atoms with E-state index in [0.29, 0.717) is 29.9 Å². The van der Waals surface area contributed by atoms with Crippen molar-refractivity contribution in [2.75, 3.05) is 17.6 Å². The molecule has 1 aromatic carbocycles. The van der Waals surface area contributed by atoms with Crippen LogP contribution in [-0.4, -0.2) is 20.9 Å². The third-order valence-electron chi connectivity index (χ3n) is 5.20. The van der Waals surface area contributed by atoms with Crippen molar-refractivity contribution < 1.29 is 4.39 Å². The van der Waals surface area contributed by atoms with E-state index in [1.807, 2.05) is 43.3 Å². The summed E-state index contributed by atoms with van der Waals surface area (Å²) in [6.45, 7) is 2.32. The number of rotatable bonds is 5. The molecular weight excluding hydrogens is 395 g/mol. The molecule has 0 saturated carbocycles. The first-order valence-electron chi connectivity index (χ1n) is 9.64. The van der Waals surface area contributed by atoms with Gasteiger partial charge in [0.15, 0.2) is 0 Å². The van der Waals surface area contributed by atoms with Crippen LogP contribution < -0.4 is 16.6 Å². The first-order valence-corrected chi connectivity index (χ1v) is 9.64. The lowest BCUT2D eigenvalue weighted by atomic mass is 9.94. The number of hydrogen-bond donors (Lipinski definition) is 2. The van der Waals surface area contributed by atoms with Gasteiger partial charge >= 0.3 is 0 Å². The first-order chi connectivity index (χ1) is 15.0. The van der Waals surface area contributed by atoms with Gasteiger partial charge in [0.05, 0.1) is 11.1 Å². The lowest BCUT2D eigenvalue weighted by molar-refractivity contribution is 0.618. The smallest absolute Gasteiger partial charge is 0.263 e. The second-order valence-electron chi connectivity index (χ2n) is 7.02. The number of nitrogen functional groups attached to an aromatic ring is 1. The minimum absolute atomic E-state index is 0.104. The number of halogens is 1. The number of hydrogen-bond acceptors (Lipinski definition) is 6. The highest BCUT2D eigenvalue weighted by atomic mass is 19.1. The highest BCUT2D eigenvalue weighted by Gasteiger charge is 2.17. The van der Waals surface area contributed by atoms with E-state index in [4.69, 9.17) is 5.73 Å². The predicted molar refractivity (Wildman–Crippen MR) is 117 cm³/mol. The molecular formula is C23H19FN6O. The number of pyridine rings is 2. The Balaban J connectivity index is 1.79. The van der Waals surface area contributed by atoms with Gasteiger partial charge < -0.3 is 11.1 Å². The fourth-order valence-electron chi connectivity index (χ4n) is 3.70. The van der Waals surface area contributed by atoms with Crippen molar-refractivity contribution in [1.29, 1.82) is 5.26 Å². The van der Waals surface area contributed by atoms with Gasteiger partial charge in [0.25, 0.3) is 5.56 Å². The van der Waals surface area contributed by atoms with Gasteiger partial charge in [0.2, 0.25) is 0 Å². The van der Waals surface area contributed by atoms with Crippen molar-refractivity contribution in [3.8, 4) is 17.2 Å². The maximum Gasteiger partial charge on any atom is 0.263 e. The summed E-state index contributed by atoms with van der Waals surface area (Å²) in [5.74, 6) is -0.0339. The largest absolute Gasteiger partial charge is 0.382 e. The normalized spacial score (nSPS) is 10.7. The van der Waals surface area contributed by atoms with Crippen molar-refractivity contribution in [1.82, 2.24) is 14.4 Å². The maximum absolute atomic E-state index is 13.9. The molecule has 8 heteroatoms. The number of fused-ring (bicyclic) bond motifs is 1. The fraction of sp³-hybridized carbons (Fsp3) is 0.130. The van der Waals surface area contributed by atoms with Gasteiger partial charge in [0, 0.05) is 12.7 Å². The Morgan fingerprint density at radius 1 is 1.19 bits per heavy atom. The summed E-state index contributed by atoms with van der Waals surface area (Å²) in [7, 11) is 0. The van der Waals surface area contributed by atoms with Crippen LogP contribution in [0.25, 0.3) is 16.6 Å². The SMILES string of the molecule is Cc1c(CCNc2ncnc(N)c2C#N)c(-c2ccccc2)c(=O)n2cc(F)ccc12. The summed E-state index contributed by atoms with van der Waals surface area (Å²) in [5, 5.41) is 12.4. The average molecular weight is 414 g/mol. The lowest BCUT2D eigenvalue weighted by Crippen LogP contribution is -2.21. The topological polar surface area (TPSA) is 109 Å². The zero-order valence-corrected chi connectivity index (χ0v) is 16.8. The van der Waals surface area contributed by atoms with Crippen LogP contribution in [0.2, 0.25) is 0 Å². The standard InChI is InChI=1S/C23H19FN6O/c1-14-17(9-10-27-22-18(11-25)21(26)28-13-29-22)20(15-5-3-2-4-6-15)23(31)30-12-16(24)7-8-19(14)30/h2-8,12-13H,9-10H2,1H3,(H3,26,27,28,29). The molecule has 4 aromatic rings. The monoisotopic (exact) mass is 414 g/mol. The minimum Gasteiger partial charge on any atom is -0.382 e. The number of nitrogens with one attached hydrogen (secondary N) is 1. The second kappa shape index (κ2) is 8.24. The summed E-state index contributed by atoms with van der Waals surface area (Å²) in [4.78, 5) is 21.2. The predicted octanol–water partition coefficient (Wildman–Crippen LogP) is 3.31. The molecule has 0 aliphatic rings. The zero-order chi connectivity index (χ0) is 22.0. The van der Waals surface area contributed by atoms with E-state index in [1.54, 1.807) is 6.07 Å². The van der Waals surface area contributed by atoms with E-state index in [9.17, 15) is 14.4 Å². The number of benzene rings is 1. The number of nitrogens with two attached hydrogens (primary N) is 1. The van der Waals surface area contributed by atoms with E-state index in [1.165, 1.54) is 23.0 Å². The third kappa shape index (κ3) is 3.69. The third-order valence-corrected chi connectivity index (χ3v) is 5.20. The van der Waals surface area contributed by atoms with Gasteiger partial charge in [-0.1, -0.05) is 30.3 Å². The van der Waals surface area contributed by atoms with Crippen LogP contribution in [0.15, 0.2) is 59.8 Å². The quantitative estimate of drug-likeness (QED) is 0.519. The molecule has 3 N–H and O–H groups in total. The molecule has 3 aromatic heterocycles. The molecule has 0 aliphatic heterocycles. The molecule has 0 atom stereocenters. The van der Waals surface area contributed by atoms with E-state index in [2.05, 4.69) is 15.3 Å². The van der Waals surface area contributed by atoms with Crippen LogP contribution in [-0.2, 0) is 6.42 Å². The number of anilines is 2. The molecule has 0 amide bonds. The molecule has 3 heterocycles. The highest BCUT2D eigenvalue weighted by Crippen LogP contribution is 2.26. The molecule has 0 spiro atoms. The van der Waals surface area contributed by atoms with E-state index >= 15 is 0 Å². The number of nitriles is 1. The van der Waals surface area contributed by atoms with Crippen LogP contribution in [0, 0.1) is 24.1 Å². The van der Waals surface area contributed by atoms with Crippen molar-refractivity contribution >= 4 is 17.2 Å². The zero-order valence-electron chi connectivity index (χ0n) is 16.8. The first kappa shape index (κ1) is 20.0. The number of nitrogens with zero attached hydrogens (tertiary/aromatic N) is 4. The minimum atomic E-state index is -0.479. The van der Waals surface area contributed by atoms with Crippen molar-refractivity contribution in [3.63, 3.8) is 0 Å². The van der Waals surface area contributed by atoms with Crippen molar-refractivity contribution in [2.45, 2.75) is 13.3 Å². The Hall–Kier alpha value is -4.25. The fourth-order valence-corrected chi connectivity index (χ4v) is 3.70. The molecule has 0 unspecified atom stereocenters. The summed E-state index contributed by atoms with van der Waals surface area (Å²) >= 11 is 0. The molecule has 7 nitrogen and oxygen atoms in total. The molecule has 0 saturated heterocycles. The molecule has 154 valence electrons. The van der Waals surface area contributed by atoms with Crippen LogP contribution in [0.1, 0.15) is 16.7 Å². The van der Waals surface area contributed by atoms with Crippen LogP contribution in [0.4, 0.5) is 16.0 Å². The number of aromatic nitrogens is 3. The van der Waals surface area contributed by atoms with E-state index in [-0.39, 0.29) is 16.9 Å². The molecule has 4 rings (SSSR count). The lowest BCUT2D eigenvalue weighted by Gasteiger charge is -2.17. The van der Waals surface area contributed by atoms with Gasteiger partial charge in [-0.2, -0.15) is 5.26 Å². The van der Waals surface area contributed by atoms with Crippen LogP contribution in [0.5, 0.6) is 0 Å². The molecule has 0 bridgehead atoms. The Labute approximate surface area is 177 Å². The summed E-state index contributed by atoms with van der Waals surface area (Å²) in [6.07, 6.45) is 2.98. The Kier molecular flexibility index (Phi) is 5.33. The summed E-state index contributed by atoms with van der Waals surface area (Å²) in [6, 6.07) is 14.3. The number of aryl methyl sites for hydroxylation is 1. The second-order valence-corrected chi connectivity index (χ2v) is 7.02. The van der Waals surface area contributed by atoms with Crippen molar-refractivity contribution in [2.24, 2.45) is 0 Å². The van der Waals surface area contributed by atoms with E-state index < -0.39 is 5.82 Å². The maximum atomic E-state index is 13.9. The van der Waals surface area contributed by atoms with Gasteiger partial charge in [-0.05, 0) is 42.2 Å². The highest BCUT2D eigenvalue weighted by molar-refractivity contribution is 5.73.